The maximum absolute atomic E-state index is 9.38. The largest absolute Gasteiger partial charge is 0.392 e. The van der Waals surface area contributed by atoms with Gasteiger partial charge in [0.2, 0.25) is 0 Å². The zero-order valence-electron chi connectivity index (χ0n) is 9.33. The fourth-order valence-electron chi connectivity index (χ4n) is 0.919. The molecule has 4 N–H and O–H groups in total. The van der Waals surface area contributed by atoms with Crippen LogP contribution in [0.15, 0.2) is 12.3 Å². The number of unbranched alkanes of at least 4 members (excludes halogenated alkanes) is 2. The van der Waals surface area contributed by atoms with Crippen molar-refractivity contribution in [3.8, 4) is 0 Å². The van der Waals surface area contributed by atoms with Gasteiger partial charge in [-0.3, -0.25) is 0 Å². The van der Waals surface area contributed by atoms with Crippen LogP contribution >= 0.6 is 0 Å². The summed E-state index contributed by atoms with van der Waals surface area (Å²) in [5, 5.41) is 18.7. The molecule has 0 aliphatic heterocycles. The number of rotatable bonds is 7. The quantitative estimate of drug-likeness (QED) is 0.354. The summed E-state index contributed by atoms with van der Waals surface area (Å²) >= 11 is 0. The lowest BCUT2D eigenvalue weighted by Crippen LogP contribution is -3.13. The van der Waals surface area contributed by atoms with E-state index in [9.17, 15) is 5.21 Å². The molecule has 0 radical (unpaired) electrons. The van der Waals surface area contributed by atoms with Crippen LogP contribution < -0.4 is 10.6 Å². The van der Waals surface area contributed by atoms with Crippen molar-refractivity contribution in [2.24, 2.45) is 0 Å². The van der Waals surface area contributed by atoms with Crippen LogP contribution in [0, 0.1) is 0 Å². The van der Waals surface area contributed by atoms with E-state index in [2.05, 4.69) is 12.3 Å². The van der Waals surface area contributed by atoms with Crippen molar-refractivity contribution < 1.29 is 15.5 Å². The smallest absolute Gasteiger partial charge is 0.143 e. The van der Waals surface area contributed by atoms with E-state index in [1.807, 2.05) is 13.0 Å². The average Bonchev–Trinajstić information content (AvgIpc) is 2.12. The van der Waals surface area contributed by atoms with Gasteiger partial charge >= 0.3 is 0 Å². The molecule has 0 aliphatic rings. The summed E-state index contributed by atoms with van der Waals surface area (Å²) in [6, 6.07) is -0.133. The van der Waals surface area contributed by atoms with Gasteiger partial charge in [-0.05, 0) is 32.8 Å². The standard InChI is InChI=1S/C10H22N2O2/c1-4-5-6-7-8-12(14)11-9(2)10(3)13/h7-11,13-14H,4-6H2,1-3H3/p+1. The van der Waals surface area contributed by atoms with Crippen LogP contribution in [0.5, 0.6) is 0 Å². The number of aliphatic hydroxyl groups excluding tert-OH is 1. The highest BCUT2D eigenvalue weighted by atomic mass is 16.5. The Morgan fingerprint density at radius 2 is 2.07 bits per heavy atom. The maximum atomic E-state index is 9.38. The molecule has 0 amide bonds. The van der Waals surface area contributed by atoms with Gasteiger partial charge in [0.25, 0.3) is 0 Å². The van der Waals surface area contributed by atoms with Crippen molar-refractivity contribution in [3.63, 3.8) is 0 Å². The van der Waals surface area contributed by atoms with E-state index < -0.39 is 6.10 Å². The van der Waals surface area contributed by atoms with Crippen LogP contribution in [0.4, 0.5) is 0 Å². The summed E-state index contributed by atoms with van der Waals surface area (Å²) in [5.41, 5.74) is 2.79. The predicted molar refractivity (Wildman–Crippen MR) is 55.7 cm³/mol. The molecular formula is C10H23N2O2+. The molecule has 84 valence electrons. The van der Waals surface area contributed by atoms with E-state index in [1.54, 1.807) is 13.1 Å². The van der Waals surface area contributed by atoms with Crippen LogP contribution in [0.25, 0.3) is 0 Å². The molecule has 0 saturated heterocycles. The lowest BCUT2D eigenvalue weighted by Gasteiger charge is -2.16. The number of hydrogen-bond donors (Lipinski definition) is 4. The van der Waals surface area contributed by atoms with E-state index in [-0.39, 0.29) is 11.2 Å². The van der Waals surface area contributed by atoms with Gasteiger partial charge in [0, 0.05) is 0 Å². The van der Waals surface area contributed by atoms with Crippen LogP contribution in [-0.2, 0) is 0 Å². The van der Waals surface area contributed by atoms with Crippen molar-refractivity contribution in [3.05, 3.63) is 12.3 Å². The van der Waals surface area contributed by atoms with E-state index >= 15 is 0 Å². The lowest BCUT2D eigenvalue weighted by molar-refractivity contribution is -1.09. The Labute approximate surface area is 86.2 Å². The zero-order chi connectivity index (χ0) is 11.0. The summed E-state index contributed by atoms with van der Waals surface area (Å²) in [6.45, 7) is 5.64. The number of nitrogens with one attached hydrogen (secondary N) is 2. The molecule has 0 fully saturated rings. The average molecular weight is 203 g/mol. The van der Waals surface area contributed by atoms with Gasteiger partial charge in [-0.1, -0.05) is 18.5 Å². The van der Waals surface area contributed by atoms with Gasteiger partial charge in [-0.15, -0.1) is 5.43 Å². The third-order valence-corrected chi connectivity index (χ3v) is 2.10. The number of allylic oxidation sites excluding steroid dienone is 1. The number of aliphatic hydroxyl groups is 1. The summed E-state index contributed by atoms with van der Waals surface area (Å²) in [5.74, 6) is 0. The van der Waals surface area contributed by atoms with Gasteiger partial charge in [-0.25, -0.2) is 0 Å². The van der Waals surface area contributed by atoms with E-state index in [0.717, 1.165) is 19.3 Å². The normalized spacial score (nSPS) is 18.4. The molecule has 4 nitrogen and oxygen atoms in total. The van der Waals surface area contributed by atoms with E-state index in [0.29, 0.717) is 0 Å². The van der Waals surface area contributed by atoms with Crippen molar-refractivity contribution in [2.45, 2.75) is 52.2 Å². The molecule has 0 spiro atoms. The highest BCUT2D eigenvalue weighted by molar-refractivity contribution is 4.70. The highest BCUT2D eigenvalue weighted by Crippen LogP contribution is 1.92. The molecule has 0 rings (SSSR count). The fourth-order valence-corrected chi connectivity index (χ4v) is 0.919. The SMILES string of the molecule is CCCCC=C[NH+](O)NC(C)C(C)O. The molecule has 0 heterocycles. The molecule has 0 saturated carbocycles. The van der Waals surface area contributed by atoms with Crippen molar-refractivity contribution in [2.75, 3.05) is 0 Å². The van der Waals surface area contributed by atoms with Gasteiger partial charge in [0.15, 0.2) is 0 Å². The Bertz CT molecular complexity index is 160. The van der Waals surface area contributed by atoms with Gasteiger partial charge in [0.05, 0.1) is 12.1 Å². The third kappa shape index (κ3) is 7.03. The highest BCUT2D eigenvalue weighted by Gasteiger charge is 2.12. The Hall–Kier alpha value is -0.420. The lowest BCUT2D eigenvalue weighted by atomic mass is 10.2. The van der Waals surface area contributed by atoms with Crippen LogP contribution in [0.1, 0.15) is 40.0 Å². The minimum Gasteiger partial charge on any atom is -0.392 e. The molecule has 0 aromatic heterocycles. The topological polar surface area (TPSA) is 56.9 Å². The first-order chi connectivity index (χ1) is 6.57. The summed E-state index contributed by atoms with van der Waals surface area (Å²) in [4.78, 5) is 0. The summed E-state index contributed by atoms with van der Waals surface area (Å²) in [6.07, 6.45) is 6.37. The third-order valence-electron chi connectivity index (χ3n) is 2.10. The number of hydroxylamine groups is 1. The Morgan fingerprint density at radius 1 is 1.43 bits per heavy atom. The van der Waals surface area contributed by atoms with Gasteiger partial charge < -0.3 is 5.11 Å². The molecule has 0 bridgehead atoms. The predicted octanol–water partition coefficient (Wildman–Crippen LogP) is 0.238. The van der Waals surface area contributed by atoms with Crippen LogP contribution in [0.2, 0.25) is 0 Å². The van der Waals surface area contributed by atoms with Gasteiger partial charge in [-0.2, -0.15) is 5.21 Å². The maximum Gasteiger partial charge on any atom is 0.143 e. The second kappa shape index (κ2) is 7.94. The minimum absolute atomic E-state index is 0.120. The van der Waals surface area contributed by atoms with Crippen molar-refractivity contribution in [1.82, 2.24) is 5.43 Å². The zero-order valence-corrected chi connectivity index (χ0v) is 9.33. The first-order valence-corrected chi connectivity index (χ1v) is 5.25. The molecule has 14 heavy (non-hydrogen) atoms. The second-order valence-electron chi connectivity index (χ2n) is 3.60. The molecule has 0 aliphatic carbocycles. The number of hydrogen-bond acceptors (Lipinski definition) is 3. The molecule has 4 heteroatoms. The molecule has 0 aromatic rings. The molecule has 3 atom stereocenters. The Balaban J connectivity index is 3.63. The first-order valence-electron chi connectivity index (χ1n) is 5.25. The number of quaternary nitrogens is 1. The Kier molecular flexibility index (Phi) is 7.70. The second-order valence-corrected chi connectivity index (χ2v) is 3.60. The molecule has 0 aromatic carbocycles. The fraction of sp³-hybridized carbons (Fsp3) is 0.800. The first kappa shape index (κ1) is 13.6. The van der Waals surface area contributed by atoms with Crippen molar-refractivity contribution >= 4 is 0 Å². The molecular weight excluding hydrogens is 180 g/mol. The molecule has 3 unspecified atom stereocenters. The van der Waals surface area contributed by atoms with Gasteiger partial charge in [0.1, 0.15) is 6.20 Å². The van der Waals surface area contributed by atoms with Crippen LogP contribution in [0.3, 0.4) is 0 Å². The van der Waals surface area contributed by atoms with E-state index in [1.165, 1.54) is 0 Å². The summed E-state index contributed by atoms with van der Waals surface area (Å²) in [7, 11) is 0. The monoisotopic (exact) mass is 203 g/mol. The summed E-state index contributed by atoms with van der Waals surface area (Å²) < 4.78 is 0. The van der Waals surface area contributed by atoms with E-state index in [4.69, 9.17) is 5.11 Å². The Morgan fingerprint density at radius 3 is 2.57 bits per heavy atom. The van der Waals surface area contributed by atoms with Crippen molar-refractivity contribution in [1.29, 1.82) is 0 Å². The van der Waals surface area contributed by atoms with Crippen LogP contribution in [-0.4, -0.2) is 22.5 Å². The minimum atomic E-state index is -0.471.